The Labute approximate surface area is 131 Å². The summed E-state index contributed by atoms with van der Waals surface area (Å²) >= 11 is 6.11. The summed E-state index contributed by atoms with van der Waals surface area (Å²) in [5.41, 5.74) is 1.88. The van der Waals surface area contributed by atoms with E-state index in [-0.39, 0.29) is 5.91 Å². The van der Waals surface area contributed by atoms with Gasteiger partial charge in [-0.3, -0.25) is 4.79 Å². The van der Waals surface area contributed by atoms with Crippen LogP contribution in [0.3, 0.4) is 0 Å². The summed E-state index contributed by atoms with van der Waals surface area (Å²) in [5.74, 6) is 0.531. The van der Waals surface area contributed by atoms with Gasteiger partial charge in [-0.1, -0.05) is 11.6 Å². The monoisotopic (exact) mass is 313 g/mol. The molecule has 0 aliphatic rings. The zero-order valence-corrected chi connectivity index (χ0v) is 13.9. The van der Waals surface area contributed by atoms with E-state index < -0.39 is 6.10 Å². The second-order valence-corrected chi connectivity index (χ2v) is 5.35. The molecule has 0 fully saturated rings. The van der Waals surface area contributed by atoms with Crippen molar-refractivity contribution in [2.24, 2.45) is 0 Å². The molecule has 118 valence electrons. The first kappa shape index (κ1) is 17.8. The molecular weight excluding hydrogens is 290 g/mol. The van der Waals surface area contributed by atoms with Gasteiger partial charge in [0.15, 0.2) is 6.10 Å². The van der Waals surface area contributed by atoms with Gasteiger partial charge in [0.2, 0.25) is 0 Å². The number of halogens is 1. The van der Waals surface area contributed by atoms with Crippen LogP contribution in [-0.2, 0) is 9.53 Å². The van der Waals surface area contributed by atoms with E-state index in [1.807, 2.05) is 32.9 Å². The van der Waals surface area contributed by atoms with Crippen LogP contribution in [0.5, 0.6) is 5.75 Å². The molecule has 21 heavy (non-hydrogen) atoms. The van der Waals surface area contributed by atoms with E-state index in [1.54, 1.807) is 6.92 Å². The molecule has 1 aromatic rings. The lowest BCUT2D eigenvalue weighted by atomic mass is 10.1. The van der Waals surface area contributed by atoms with Gasteiger partial charge in [-0.15, -0.1) is 0 Å². The van der Waals surface area contributed by atoms with Crippen LogP contribution in [0, 0.1) is 13.8 Å². The molecule has 0 radical (unpaired) electrons. The number of aryl methyl sites for hydroxylation is 2. The van der Waals surface area contributed by atoms with Gasteiger partial charge in [-0.2, -0.15) is 0 Å². The fourth-order valence-electron chi connectivity index (χ4n) is 1.91. The minimum atomic E-state index is -0.544. The Hall–Kier alpha value is -1.26. The lowest BCUT2D eigenvalue weighted by Gasteiger charge is -2.16. The highest BCUT2D eigenvalue weighted by Gasteiger charge is 2.15. The van der Waals surface area contributed by atoms with Crippen molar-refractivity contribution in [1.82, 2.24) is 5.32 Å². The Balaban J connectivity index is 2.45. The highest BCUT2D eigenvalue weighted by Crippen LogP contribution is 2.26. The first-order valence-electron chi connectivity index (χ1n) is 7.24. The van der Waals surface area contributed by atoms with E-state index in [0.29, 0.717) is 25.5 Å². The number of hydrogen-bond donors (Lipinski definition) is 1. The van der Waals surface area contributed by atoms with Crippen molar-refractivity contribution in [3.05, 3.63) is 28.3 Å². The number of amides is 1. The van der Waals surface area contributed by atoms with Gasteiger partial charge in [0.1, 0.15) is 5.75 Å². The summed E-state index contributed by atoms with van der Waals surface area (Å²) in [6.45, 7) is 9.46. The molecule has 1 atom stereocenters. The Bertz CT molecular complexity index is 454. The summed E-state index contributed by atoms with van der Waals surface area (Å²) in [6, 6.07) is 3.68. The Kier molecular flexibility index (Phi) is 7.54. The molecule has 0 bridgehead atoms. The first-order chi connectivity index (χ1) is 9.95. The van der Waals surface area contributed by atoms with Crippen molar-refractivity contribution in [1.29, 1.82) is 0 Å². The van der Waals surface area contributed by atoms with Gasteiger partial charge in [0, 0.05) is 24.8 Å². The number of rotatable bonds is 8. The summed E-state index contributed by atoms with van der Waals surface area (Å²) < 4.78 is 10.9. The number of carbonyl (C=O) groups is 1. The van der Waals surface area contributed by atoms with Crippen molar-refractivity contribution in [2.75, 3.05) is 19.8 Å². The quantitative estimate of drug-likeness (QED) is 0.749. The molecule has 5 heteroatoms. The predicted molar refractivity (Wildman–Crippen MR) is 85.1 cm³/mol. The molecule has 4 nitrogen and oxygen atoms in total. The minimum absolute atomic E-state index is 0.128. The van der Waals surface area contributed by atoms with Gasteiger partial charge in [0.05, 0.1) is 0 Å². The van der Waals surface area contributed by atoms with E-state index in [1.165, 1.54) is 0 Å². The molecule has 1 rings (SSSR count). The second kappa shape index (κ2) is 8.90. The third-order valence-electron chi connectivity index (χ3n) is 3.06. The Morgan fingerprint density at radius 1 is 1.33 bits per heavy atom. The third-order valence-corrected chi connectivity index (χ3v) is 3.66. The van der Waals surface area contributed by atoms with Crippen LogP contribution < -0.4 is 10.1 Å². The summed E-state index contributed by atoms with van der Waals surface area (Å²) in [5, 5.41) is 3.56. The van der Waals surface area contributed by atoms with E-state index in [2.05, 4.69) is 5.32 Å². The van der Waals surface area contributed by atoms with Gasteiger partial charge in [0.25, 0.3) is 5.91 Å². The maximum atomic E-state index is 11.9. The highest BCUT2D eigenvalue weighted by molar-refractivity contribution is 6.32. The average Bonchev–Trinajstić information content (AvgIpc) is 2.44. The van der Waals surface area contributed by atoms with Crippen molar-refractivity contribution >= 4 is 17.5 Å². The van der Waals surface area contributed by atoms with Gasteiger partial charge >= 0.3 is 0 Å². The topological polar surface area (TPSA) is 47.6 Å². The zero-order chi connectivity index (χ0) is 15.8. The molecule has 0 aliphatic heterocycles. The Morgan fingerprint density at radius 2 is 1.95 bits per heavy atom. The van der Waals surface area contributed by atoms with Crippen LogP contribution in [0.1, 0.15) is 31.4 Å². The number of ether oxygens (including phenoxy) is 2. The van der Waals surface area contributed by atoms with Crippen molar-refractivity contribution in [2.45, 2.75) is 40.2 Å². The largest absolute Gasteiger partial charge is 0.481 e. The normalized spacial score (nSPS) is 12.0. The summed E-state index contributed by atoms with van der Waals surface area (Å²) in [4.78, 5) is 11.9. The zero-order valence-electron chi connectivity index (χ0n) is 13.2. The lowest BCUT2D eigenvalue weighted by Crippen LogP contribution is -2.37. The number of carbonyl (C=O) groups excluding carboxylic acids is 1. The smallest absolute Gasteiger partial charge is 0.260 e. The van der Waals surface area contributed by atoms with Gasteiger partial charge < -0.3 is 14.8 Å². The van der Waals surface area contributed by atoms with Crippen LogP contribution in [0.2, 0.25) is 5.02 Å². The fraction of sp³-hybridized carbons (Fsp3) is 0.562. The van der Waals surface area contributed by atoms with Crippen molar-refractivity contribution in [3.63, 3.8) is 0 Å². The molecule has 1 aromatic carbocycles. The lowest BCUT2D eigenvalue weighted by molar-refractivity contribution is -0.127. The Morgan fingerprint density at radius 3 is 2.52 bits per heavy atom. The van der Waals surface area contributed by atoms with Crippen molar-refractivity contribution < 1.29 is 14.3 Å². The summed E-state index contributed by atoms with van der Waals surface area (Å²) in [6.07, 6.45) is 0.253. The maximum absolute atomic E-state index is 11.9. The highest BCUT2D eigenvalue weighted by atomic mass is 35.5. The summed E-state index contributed by atoms with van der Waals surface area (Å²) in [7, 11) is 0. The number of benzene rings is 1. The molecule has 1 N–H and O–H groups in total. The van der Waals surface area contributed by atoms with E-state index in [9.17, 15) is 4.79 Å². The molecule has 0 aromatic heterocycles. The molecule has 0 spiro atoms. The average molecular weight is 314 g/mol. The molecule has 0 saturated heterocycles. The van der Waals surface area contributed by atoms with Crippen LogP contribution in [0.4, 0.5) is 0 Å². The third kappa shape index (κ3) is 5.94. The van der Waals surface area contributed by atoms with Crippen LogP contribution in [0.25, 0.3) is 0 Å². The van der Waals surface area contributed by atoms with Crippen LogP contribution >= 0.6 is 11.6 Å². The molecule has 1 amide bonds. The molecular formula is C16H24ClNO3. The van der Waals surface area contributed by atoms with E-state index in [4.69, 9.17) is 21.1 Å². The molecule has 0 saturated carbocycles. The number of nitrogens with one attached hydrogen (secondary N) is 1. The van der Waals surface area contributed by atoms with E-state index >= 15 is 0 Å². The number of hydrogen-bond acceptors (Lipinski definition) is 3. The molecule has 0 unspecified atom stereocenters. The standard InChI is InChI=1S/C16H24ClNO3/c1-5-20-8-6-7-18-16(19)13(4)21-14-9-11(2)15(17)12(3)10-14/h9-10,13H,5-8H2,1-4H3,(H,18,19)/t13-/m0/s1. The van der Waals surface area contributed by atoms with Gasteiger partial charge in [-0.25, -0.2) is 0 Å². The van der Waals surface area contributed by atoms with Crippen LogP contribution in [-0.4, -0.2) is 31.8 Å². The predicted octanol–water partition coefficient (Wildman–Crippen LogP) is 3.27. The molecule has 0 heterocycles. The maximum Gasteiger partial charge on any atom is 0.260 e. The SMILES string of the molecule is CCOCCCNC(=O)[C@H](C)Oc1cc(C)c(Cl)c(C)c1. The first-order valence-corrected chi connectivity index (χ1v) is 7.62. The fourth-order valence-corrected chi connectivity index (χ4v) is 2.01. The van der Waals surface area contributed by atoms with E-state index in [0.717, 1.165) is 22.6 Å². The second-order valence-electron chi connectivity index (χ2n) is 4.97. The van der Waals surface area contributed by atoms with Crippen molar-refractivity contribution in [3.8, 4) is 5.75 Å². The van der Waals surface area contributed by atoms with Gasteiger partial charge in [-0.05, 0) is 57.4 Å². The molecule has 0 aliphatic carbocycles. The van der Waals surface area contributed by atoms with Crippen LogP contribution in [0.15, 0.2) is 12.1 Å². The minimum Gasteiger partial charge on any atom is -0.481 e.